The summed E-state index contributed by atoms with van der Waals surface area (Å²) >= 11 is 13.2. The molecule has 2 aromatic rings. The molecule has 0 spiro atoms. The summed E-state index contributed by atoms with van der Waals surface area (Å²) < 4.78 is 4.92. The number of hydrogen-bond acceptors (Lipinski definition) is 5. The van der Waals surface area contributed by atoms with Crippen molar-refractivity contribution >= 4 is 52.7 Å². The fourth-order valence-electron chi connectivity index (χ4n) is 1.66. The van der Waals surface area contributed by atoms with Gasteiger partial charge in [0.05, 0.1) is 16.5 Å². The Labute approximate surface area is 153 Å². The average molecular weight is 385 g/mol. The maximum absolute atomic E-state index is 11.7. The number of esters is 1. The summed E-state index contributed by atoms with van der Waals surface area (Å²) in [5.74, 6) is -0.212. The first-order chi connectivity index (χ1) is 11.5. The van der Waals surface area contributed by atoms with Crippen molar-refractivity contribution in [2.75, 3.05) is 17.7 Å². The molecule has 0 atom stereocenters. The van der Waals surface area contributed by atoms with Gasteiger partial charge >= 0.3 is 5.97 Å². The third kappa shape index (κ3) is 6.39. The SMILES string of the molecule is O=C(COC(=O)CCSc1ccccc1)Nc1ncc(Cl)cc1Cl. The van der Waals surface area contributed by atoms with Gasteiger partial charge in [-0.15, -0.1) is 11.8 Å². The van der Waals surface area contributed by atoms with E-state index in [0.717, 1.165) is 4.90 Å². The zero-order valence-corrected chi connectivity index (χ0v) is 14.8. The van der Waals surface area contributed by atoms with Crippen molar-refractivity contribution in [1.29, 1.82) is 0 Å². The molecule has 0 aliphatic carbocycles. The van der Waals surface area contributed by atoms with Crippen LogP contribution in [0.3, 0.4) is 0 Å². The van der Waals surface area contributed by atoms with Gasteiger partial charge in [0.15, 0.2) is 12.4 Å². The average Bonchev–Trinajstić information content (AvgIpc) is 2.56. The molecule has 24 heavy (non-hydrogen) atoms. The molecule has 0 bridgehead atoms. The summed E-state index contributed by atoms with van der Waals surface area (Å²) in [7, 11) is 0. The van der Waals surface area contributed by atoms with Crippen LogP contribution in [-0.4, -0.2) is 29.2 Å². The van der Waals surface area contributed by atoms with E-state index in [1.54, 1.807) is 11.8 Å². The number of nitrogens with one attached hydrogen (secondary N) is 1. The Bertz CT molecular complexity index is 714. The van der Waals surface area contributed by atoms with Gasteiger partial charge < -0.3 is 10.1 Å². The van der Waals surface area contributed by atoms with Crippen LogP contribution in [0.25, 0.3) is 0 Å². The van der Waals surface area contributed by atoms with Crippen molar-refractivity contribution in [3.8, 4) is 0 Å². The second-order valence-corrected chi connectivity index (χ2v) is 6.62. The summed E-state index contributed by atoms with van der Waals surface area (Å²) in [5, 5.41) is 3.02. The number of benzene rings is 1. The maximum Gasteiger partial charge on any atom is 0.307 e. The molecule has 2 rings (SSSR count). The Kier molecular flexibility index (Phi) is 7.36. The highest BCUT2D eigenvalue weighted by molar-refractivity contribution is 7.99. The molecular weight excluding hydrogens is 371 g/mol. The normalized spacial score (nSPS) is 10.2. The van der Waals surface area contributed by atoms with Gasteiger partial charge in [0.25, 0.3) is 5.91 Å². The highest BCUT2D eigenvalue weighted by Crippen LogP contribution is 2.22. The first-order valence-corrected chi connectivity index (χ1v) is 8.73. The quantitative estimate of drug-likeness (QED) is 0.575. The molecule has 1 amide bonds. The molecule has 0 aliphatic rings. The number of hydrogen-bond donors (Lipinski definition) is 1. The number of carbonyl (C=O) groups is 2. The summed E-state index contributed by atoms with van der Waals surface area (Å²) in [6, 6.07) is 11.2. The fraction of sp³-hybridized carbons (Fsp3) is 0.188. The Balaban J connectivity index is 1.68. The van der Waals surface area contributed by atoms with E-state index in [-0.39, 0.29) is 17.3 Å². The molecule has 126 valence electrons. The predicted molar refractivity (Wildman–Crippen MR) is 95.6 cm³/mol. The Morgan fingerprint density at radius 2 is 1.96 bits per heavy atom. The zero-order valence-electron chi connectivity index (χ0n) is 12.5. The standard InChI is InChI=1S/C16H14Cl2N2O3S/c17-11-8-13(18)16(19-9-11)20-14(21)10-23-15(22)6-7-24-12-4-2-1-3-5-12/h1-5,8-9H,6-7,10H2,(H,19,20,21). The molecule has 0 radical (unpaired) electrons. The molecule has 0 aliphatic heterocycles. The molecule has 0 fully saturated rings. The van der Waals surface area contributed by atoms with Crippen LogP contribution >= 0.6 is 35.0 Å². The molecule has 0 saturated carbocycles. The number of pyridine rings is 1. The largest absolute Gasteiger partial charge is 0.456 e. The van der Waals surface area contributed by atoms with Crippen LogP contribution in [0.1, 0.15) is 6.42 Å². The first-order valence-electron chi connectivity index (χ1n) is 6.99. The van der Waals surface area contributed by atoms with Gasteiger partial charge in [-0.1, -0.05) is 41.4 Å². The van der Waals surface area contributed by atoms with Gasteiger partial charge in [-0.05, 0) is 18.2 Å². The monoisotopic (exact) mass is 384 g/mol. The molecular formula is C16H14Cl2N2O3S. The summed E-state index contributed by atoms with van der Waals surface area (Å²) in [4.78, 5) is 28.3. The lowest BCUT2D eigenvalue weighted by molar-refractivity contribution is -0.146. The van der Waals surface area contributed by atoms with Crippen LogP contribution in [0.15, 0.2) is 47.5 Å². The molecule has 8 heteroatoms. The van der Waals surface area contributed by atoms with Crippen LogP contribution in [0, 0.1) is 0 Å². The van der Waals surface area contributed by atoms with Crippen molar-refractivity contribution in [2.24, 2.45) is 0 Å². The van der Waals surface area contributed by atoms with E-state index in [4.69, 9.17) is 27.9 Å². The van der Waals surface area contributed by atoms with Gasteiger partial charge in [0, 0.05) is 16.8 Å². The smallest absolute Gasteiger partial charge is 0.307 e. The molecule has 1 aromatic heterocycles. The highest BCUT2D eigenvalue weighted by atomic mass is 35.5. The molecule has 0 unspecified atom stereocenters. The number of halogens is 2. The van der Waals surface area contributed by atoms with Crippen molar-refractivity contribution in [3.05, 3.63) is 52.6 Å². The van der Waals surface area contributed by atoms with Gasteiger partial charge in [0.2, 0.25) is 0 Å². The van der Waals surface area contributed by atoms with Crippen LogP contribution in [-0.2, 0) is 14.3 Å². The lowest BCUT2D eigenvalue weighted by atomic mass is 10.4. The van der Waals surface area contributed by atoms with Crippen LogP contribution in [0.5, 0.6) is 0 Å². The number of aromatic nitrogens is 1. The fourth-order valence-corrected chi connectivity index (χ4v) is 2.94. The maximum atomic E-state index is 11.7. The van der Waals surface area contributed by atoms with E-state index in [2.05, 4.69) is 10.3 Å². The van der Waals surface area contributed by atoms with Gasteiger partial charge in [-0.2, -0.15) is 0 Å². The van der Waals surface area contributed by atoms with E-state index < -0.39 is 18.5 Å². The van der Waals surface area contributed by atoms with E-state index in [1.165, 1.54) is 12.3 Å². The van der Waals surface area contributed by atoms with E-state index in [9.17, 15) is 9.59 Å². The van der Waals surface area contributed by atoms with Crippen LogP contribution in [0.2, 0.25) is 10.0 Å². The second kappa shape index (κ2) is 9.52. The molecule has 0 saturated heterocycles. The van der Waals surface area contributed by atoms with Crippen molar-refractivity contribution in [2.45, 2.75) is 11.3 Å². The van der Waals surface area contributed by atoms with Gasteiger partial charge in [-0.25, -0.2) is 4.98 Å². The van der Waals surface area contributed by atoms with Crippen LogP contribution in [0.4, 0.5) is 5.82 Å². The summed E-state index contributed by atoms with van der Waals surface area (Å²) in [6.45, 7) is -0.393. The van der Waals surface area contributed by atoms with E-state index in [1.807, 2.05) is 30.3 Å². The minimum absolute atomic E-state index is 0.168. The molecule has 1 N–H and O–H groups in total. The number of carbonyl (C=O) groups excluding carboxylic acids is 2. The Hall–Kier alpha value is -1.76. The number of amides is 1. The summed E-state index contributed by atoms with van der Waals surface area (Å²) in [6.07, 6.45) is 1.57. The first kappa shape index (κ1) is 18.6. The number of anilines is 1. The lowest BCUT2D eigenvalue weighted by Gasteiger charge is -2.07. The Morgan fingerprint density at radius 3 is 2.67 bits per heavy atom. The number of thioether (sulfide) groups is 1. The minimum Gasteiger partial charge on any atom is -0.456 e. The van der Waals surface area contributed by atoms with E-state index in [0.29, 0.717) is 10.8 Å². The Morgan fingerprint density at radius 1 is 1.21 bits per heavy atom. The third-order valence-electron chi connectivity index (χ3n) is 2.75. The van der Waals surface area contributed by atoms with Gasteiger partial charge in [0.1, 0.15) is 0 Å². The number of rotatable bonds is 7. The second-order valence-electron chi connectivity index (χ2n) is 4.60. The van der Waals surface area contributed by atoms with Crippen molar-refractivity contribution in [3.63, 3.8) is 0 Å². The van der Waals surface area contributed by atoms with E-state index >= 15 is 0 Å². The minimum atomic E-state index is -0.518. The third-order valence-corrected chi connectivity index (χ3v) is 4.26. The van der Waals surface area contributed by atoms with Gasteiger partial charge in [-0.3, -0.25) is 9.59 Å². The highest BCUT2D eigenvalue weighted by Gasteiger charge is 2.11. The number of ether oxygens (including phenoxy) is 1. The number of nitrogens with zero attached hydrogens (tertiary/aromatic N) is 1. The molecule has 5 nitrogen and oxygen atoms in total. The predicted octanol–water partition coefficient (Wildman–Crippen LogP) is 4.05. The zero-order chi connectivity index (χ0) is 17.4. The topological polar surface area (TPSA) is 68.3 Å². The summed E-state index contributed by atoms with van der Waals surface area (Å²) in [5.41, 5.74) is 0. The molecule has 1 heterocycles. The van der Waals surface area contributed by atoms with Crippen molar-refractivity contribution < 1.29 is 14.3 Å². The molecule has 1 aromatic carbocycles. The van der Waals surface area contributed by atoms with Crippen molar-refractivity contribution in [1.82, 2.24) is 4.98 Å². The lowest BCUT2D eigenvalue weighted by Crippen LogP contribution is -2.21. The van der Waals surface area contributed by atoms with Crippen LogP contribution < -0.4 is 5.32 Å².